The lowest BCUT2D eigenvalue weighted by Gasteiger charge is -2.17. The molecule has 1 aliphatic rings. The fourth-order valence-corrected chi connectivity index (χ4v) is 4.20. The Bertz CT molecular complexity index is 1210. The van der Waals surface area contributed by atoms with Gasteiger partial charge >= 0.3 is 5.97 Å². The molecule has 0 N–H and O–H groups in total. The van der Waals surface area contributed by atoms with Gasteiger partial charge in [-0.25, -0.2) is 4.79 Å². The van der Waals surface area contributed by atoms with E-state index in [-0.39, 0.29) is 11.9 Å². The standard InChI is InChI=1S/C28H20O2/c29-28(30-22-16-8-3-9-17-22)27-25(20-12-4-1-5-13-20)23-18-10-11-19-24(23)26(27)21-14-6-2-7-15-21/h1-19,25H. The van der Waals surface area contributed by atoms with Crippen molar-refractivity contribution in [1.29, 1.82) is 0 Å². The number of rotatable bonds is 4. The molecule has 144 valence electrons. The third-order valence-electron chi connectivity index (χ3n) is 5.47. The molecule has 0 fully saturated rings. The van der Waals surface area contributed by atoms with Crippen LogP contribution in [0.15, 0.2) is 121 Å². The van der Waals surface area contributed by atoms with Crippen LogP contribution < -0.4 is 4.74 Å². The maximum absolute atomic E-state index is 13.6. The van der Waals surface area contributed by atoms with Gasteiger partial charge in [-0.1, -0.05) is 103 Å². The van der Waals surface area contributed by atoms with Crippen molar-refractivity contribution >= 4 is 11.5 Å². The van der Waals surface area contributed by atoms with Crippen LogP contribution in [-0.4, -0.2) is 5.97 Å². The molecule has 0 amide bonds. The summed E-state index contributed by atoms with van der Waals surface area (Å²) in [4.78, 5) is 13.6. The average molecular weight is 388 g/mol. The van der Waals surface area contributed by atoms with Crippen LogP contribution in [0.1, 0.15) is 28.2 Å². The number of fused-ring (bicyclic) bond motifs is 1. The van der Waals surface area contributed by atoms with Gasteiger partial charge in [-0.2, -0.15) is 0 Å². The second kappa shape index (κ2) is 7.84. The van der Waals surface area contributed by atoms with E-state index in [0.29, 0.717) is 11.3 Å². The molecule has 0 aliphatic heterocycles. The normalized spacial score (nSPS) is 15.0. The van der Waals surface area contributed by atoms with Crippen molar-refractivity contribution in [3.63, 3.8) is 0 Å². The highest BCUT2D eigenvalue weighted by molar-refractivity contribution is 6.08. The summed E-state index contributed by atoms with van der Waals surface area (Å²) in [5.41, 5.74) is 5.93. The summed E-state index contributed by atoms with van der Waals surface area (Å²) in [6.45, 7) is 0. The molecule has 0 spiro atoms. The first-order chi connectivity index (χ1) is 14.8. The second-order valence-electron chi connectivity index (χ2n) is 7.29. The number of esters is 1. The SMILES string of the molecule is O=C(Oc1ccccc1)C1=C(c2ccccc2)c2ccccc2C1c1ccccc1. The van der Waals surface area contributed by atoms with Crippen LogP contribution in [0.3, 0.4) is 0 Å². The number of ether oxygens (including phenoxy) is 1. The van der Waals surface area contributed by atoms with E-state index in [1.165, 1.54) is 0 Å². The highest BCUT2D eigenvalue weighted by Crippen LogP contribution is 2.48. The van der Waals surface area contributed by atoms with Crippen molar-refractivity contribution in [2.45, 2.75) is 5.92 Å². The van der Waals surface area contributed by atoms with Crippen LogP contribution >= 0.6 is 0 Å². The topological polar surface area (TPSA) is 26.3 Å². The van der Waals surface area contributed by atoms with E-state index < -0.39 is 0 Å². The van der Waals surface area contributed by atoms with Crippen LogP contribution in [0.2, 0.25) is 0 Å². The van der Waals surface area contributed by atoms with Gasteiger partial charge in [-0.05, 0) is 34.4 Å². The minimum absolute atomic E-state index is 0.172. The second-order valence-corrected chi connectivity index (χ2v) is 7.29. The first-order valence-electron chi connectivity index (χ1n) is 10.0. The van der Waals surface area contributed by atoms with Gasteiger partial charge < -0.3 is 4.74 Å². The highest BCUT2D eigenvalue weighted by Gasteiger charge is 2.37. The number of benzene rings is 4. The fraction of sp³-hybridized carbons (Fsp3) is 0.0357. The molecule has 1 unspecified atom stereocenters. The van der Waals surface area contributed by atoms with Crippen molar-refractivity contribution in [1.82, 2.24) is 0 Å². The summed E-state index contributed by atoms with van der Waals surface area (Å²) in [6, 6.07) is 37.8. The van der Waals surface area contributed by atoms with Crippen molar-refractivity contribution in [2.75, 3.05) is 0 Å². The van der Waals surface area contributed by atoms with E-state index in [1.54, 1.807) is 12.1 Å². The van der Waals surface area contributed by atoms with Gasteiger partial charge in [0.05, 0.1) is 5.57 Å². The molecule has 4 aromatic carbocycles. The van der Waals surface area contributed by atoms with E-state index >= 15 is 0 Å². The van der Waals surface area contributed by atoms with Crippen LogP contribution in [0.5, 0.6) is 5.75 Å². The highest BCUT2D eigenvalue weighted by atomic mass is 16.5. The monoisotopic (exact) mass is 388 g/mol. The molecule has 0 heterocycles. The van der Waals surface area contributed by atoms with Gasteiger partial charge in [-0.15, -0.1) is 0 Å². The fourth-order valence-electron chi connectivity index (χ4n) is 4.20. The molecule has 30 heavy (non-hydrogen) atoms. The molecular weight excluding hydrogens is 368 g/mol. The third-order valence-corrected chi connectivity index (χ3v) is 5.47. The Morgan fingerprint density at radius 3 is 1.90 bits per heavy atom. The van der Waals surface area contributed by atoms with Crippen LogP contribution in [-0.2, 0) is 4.79 Å². The third kappa shape index (κ3) is 3.23. The van der Waals surface area contributed by atoms with Gasteiger partial charge in [-0.3, -0.25) is 0 Å². The summed E-state index contributed by atoms with van der Waals surface area (Å²) in [6.07, 6.45) is 0. The molecule has 4 aromatic rings. The molecule has 2 heteroatoms. The zero-order valence-corrected chi connectivity index (χ0v) is 16.4. The summed E-state index contributed by atoms with van der Waals surface area (Å²) < 4.78 is 5.84. The number of hydrogen-bond acceptors (Lipinski definition) is 2. The lowest BCUT2D eigenvalue weighted by Crippen LogP contribution is -2.17. The molecule has 0 radical (unpaired) electrons. The average Bonchev–Trinajstić information content (AvgIpc) is 3.16. The molecule has 5 rings (SSSR count). The summed E-state index contributed by atoms with van der Waals surface area (Å²) >= 11 is 0. The lowest BCUT2D eigenvalue weighted by atomic mass is 9.88. The zero-order valence-electron chi connectivity index (χ0n) is 16.4. The van der Waals surface area contributed by atoms with Crippen molar-refractivity contribution in [2.24, 2.45) is 0 Å². The van der Waals surface area contributed by atoms with Gasteiger partial charge in [0.2, 0.25) is 0 Å². The zero-order chi connectivity index (χ0) is 20.3. The molecule has 2 nitrogen and oxygen atoms in total. The molecule has 1 atom stereocenters. The first-order valence-corrected chi connectivity index (χ1v) is 10.0. The number of carbonyl (C=O) groups excluding carboxylic acids is 1. The molecule has 1 aliphatic carbocycles. The van der Waals surface area contributed by atoms with Gasteiger partial charge in [0.25, 0.3) is 0 Å². The van der Waals surface area contributed by atoms with E-state index in [4.69, 9.17) is 4.74 Å². The Hall–Kier alpha value is -3.91. The maximum atomic E-state index is 13.6. The number of hydrogen-bond donors (Lipinski definition) is 0. The molecule has 0 saturated heterocycles. The van der Waals surface area contributed by atoms with Crippen LogP contribution in [0.4, 0.5) is 0 Å². The molecular formula is C28H20O2. The number of para-hydroxylation sites is 1. The number of carbonyl (C=O) groups is 1. The Labute approximate surface area is 176 Å². The van der Waals surface area contributed by atoms with E-state index in [1.807, 2.05) is 66.7 Å². The van der Waals surface area contributed by atoms with Crippen molar-refractivity contribution in [3.8, 4) is 5.75 Å². The quantitative estimate of drug-likeness (QED) is 0.306. The van der Waals surface area contributed by atoms with Gasteiger partial charge in [0, 0.05) is 11.5 Å². The minimum atomic E-state index is -0.315. The molecule has 0 saturated carbocycles. The smallest absolute Gasteiger partial charge is 0.341 e. The summed E-state index contributed by atoms with van der Waals surface area (Å²) in [5.74, 6) is 0.0594. The van der Waals surface area contributed by atoms with Crippen LogP contribution in [0, 0.1) is 0 Å². The first kappa shape index (κ1) is 18.1. The Morgan fingerprint density at radius 2 is 1.20 bits per heavy atom. The van der Waals surface area contributed by atoms with E-state index in [9.17, 15) is 4.79 Å². The Balaban J connectivity index is 1.73. The van der Waals surface area contributed by atoms with E-state index in [0.717, 1.165) is 27.8 Å². The largest absolute Gasteiger partial charge is 0.423 e. The lowest BCUT2D eigenvalue weighted by molar-refractivity contribution is -0.130. The van der Waals surface area contributed by atoms with Gasteiger partial charge in [0.1, 0.15) is 5.75 Å². The van der Waals surface area contributed by atoms with Crippen molar-refractivity contribution in [3.05, 3.63) is 143 Å². The summed E-state index contributed by atoms with van der Waals surface area (Å²) in [5, 5.41) is 0. The maximum Gasteiger partial charge on any atom is 0.341 e. The van der Waals surface area contributed by atoms with Gasteiger partial charge in [0.15, 0.2) is 0 Å². The predicted molar refractivity (Wildman–Crippen MR) is 119 cm³/mol. The minimum Gasteiger partial charge on any atom is -0.423 e. The van der Waals surface area contributed by atoms with E-state index in [2.05, 4.69) is 36.4 Å². The Morgan fingerprint density at radius 1 is 0.633 bits per heavy atom. The molecule has 0 aromatic heterocycles. The molecule has 0 bridgehead atoms. The summed E-state index contributed by atoms with van der Waals surface area (Å²) in [7, 11) is 0. The Kier molecular flexibility index (Phi) is 4.74. The predicted octanol–water partition coefficient (Wildman–Crippen LogP) is 6.24. The van der Waals surface area contributed by atoms with Crippen LogP contribution in [0.25, 0.3) is 5.57 Å². The van der Waals surface area contributed by atoms with Crippen molar-refractivity contribution < 1.29 is 9.53 Å².